The fourth-order valence-electron chi connectivity index (χ4n) is 9.61. The molecular weight excluding hydrogens is 824 g/mol. The van der Waals surface area contributed by atoms with Gasteiger partial charge in [0.1, 0.15) is 29.5 Å². The van der Waals surface area contributed by atoms with Crippen molar-refractivity contribution >= 4 is 41.4 Å². The van der Waals surface area contributed by atoms with E-state index in [0.29, 0.717) is 5.57 Å². The van der Waals surface area contributed by atoms with Gasteiger partial charge >= 0.3 is 30.0 Å². The maximum atomic E-state index is 15.6. The molecule has 4 aliphatic rings. The Hall–Kier alpha value is -5.33. The fourth-order valence-corrected chi connectivity index (χ4v) is 9.61. The number of rotatable bonds is 11. The molecule has 19 heteroatoms. The Labute approximate surface area is 365 Å². The zero-order valence-electron chi connectivity index (χ0n) is 37.4. The molecule has 1 aliphatic heterocycles. The lowest BCUT2D eigenvalue weighted by Crippen LogP contribution is -2.82. The predicted molar refractivity (Wildman–Crippen MR) is 221 cm³/mol. The number of fused-ring (bicyclic) bond motifs is 5. The first kappa shape index (κ1) is 48.7. The van der Waals surface area contributed by atoms with Crippen molar-refractivity contribution in [1.82, 2.24) is 5.32 Å². The summed E-state index contributed by atoms with van der Waals surface area (Å²) < 4.78 is 35.6. The van der Waals surface area contributed by atoms with Crippen LogP contribution in [0.4, 0.5) is 10.5 Å². The summed E-state index contributed by atoms with van der Waals surface area (Å²) in [6.45, 7) is 16.4. The third-order valence-corrected chi connectivity index (χ3v) is 12.7. The topological polar surface area (TPSA) is 279 Å². The number of alkyl carbamates (subject to hydrolysis) is 1. The summed E-state index contributed by atoms with van der Waals surface area (Å²) in [6.07, 6.45) is -10.7. The molecule has 63 heavy (non-hydrogen) atoms. The first-order valence-electron chi connectivity index (χ1n) is 20.7. The van der Waals surface area contributed by atoms with Crippen LogP contribution in [0.25, 0.3) is 10.4 Å². The molecule has 3 aliphatic carbocycles. The van der Waals surface area contributed by atoms with Crippen LogP contribution in [0.2, 0.25) is 0 Å². The lowest BCUT2D eigenvalue weighted by molar-refractivity contribution is -0.346. The lowest BCUT2D eigenvalue weighted by atomic mass is 9.44. The molecule has 344 valence electrons. The number of carbonyl (C=O) groups is 6. The van der Waals surface area contributed by atoms with Crippen LogP contribution in [-0.2, 0) is 47.6 Å². The molecule has 0 spiro atoms. The van der Waals surface area contributed by atoms with Gasteiger partial charge in [-0.1, -0.05) is 49.7 Å². The van der Waals surface area contributed by atoms with Crippen LogP contribution < -0.4 is 5.32 Å². The maximum absolute atomic E-state index is 15.6. The number of allylic oxidation sites excluding steroid dienone is 1. The van der Waals surface area contributed by atoms with Gasteiger partial charge in [0.25, 0.3) is 0 Å². The number of ether oxygens (including phenoxy) is 6. The minimum Gasteiger partial charge on any atom is -0.456 e. The summed E-state index contributed by atoms with van der Waals surface area (Å²) in [5, 5.41) is 43.3. The summed E-state index contributed by atoms with van der Waals surface area (Å²) in [5.41, 5.74) is 0.570. The van der Waals surface area contributed by atoms with Crippen molar-refractivity contribution in [3.05, 3.63) is 63.1 Å². The van der Waals surface area contributed by atoms with E-state index in [0.717, 1.165) is 6.92 Å². The van der Waals surface area contributed by atoms with Gasteiger partial charge in [-0.3, -0.25) is 14.4 Å². The van der Waals surface area contributed by atoms with Gasteiger partial charge in [-0.15, -0.1) is 0 Å². The third kappa shape index (κ3) is 8.94. The third-order valence-electron chi connectivity index (χ3n) is 12.7. The number of hydrogen-bond donors (Lipinski definition) is 4. The van der Waals surface area contributed by atoms with Crippen molar-refractivity contribution < 1.29 is 72.5 Å². The molecule has 11 atom stereocenters. The molecule has 2 unspecified atom stereocenters. The van der Waals surface area contributed by atoms with E-state index < -0.39 is 118 Å². The Morgan fingerprint density at radius 1 is 1.10 bits per heavy atom. The van der Waals surface area contributed by atoms with Gasteiger partial charge in [-0.2, -0.15) is 0 Å². The molecule has 3 fully saturated rings. The minimum absolute atomic E-state index is 0.0396. The van der Waals surface area contributed by atoms with Crippen molar-refractivity contribution in [2.45, 2.75) is 155 Å². The van der Waals surface area contributed by atoms with Crippen molar-refractivity contribution in [2.75, 3.05) is 6.61 Å². The molecule has 0 aromatic heterocycles. The second-order valence-corrected chi connectivity index (χ2v) is 18.6. The number of azide groups is 1. The van der Waals surface area contributed by atoms with Gasteiger partial charge in [-0.25, -0.2) is 14.4 Å². The number of hydrogen-bond acceptors (Lipinski definition) is 16. The Bertz CT molecular complexity index is 2150. The fraction of sp³-hybridized carbons (Fsp3) is 0.636. The number of benzene rings is 1. The maximum Gasteiger partial charge on any atom is 0.408 e. The van der Waals surface area contributed by atoms with E-state index in [1.165, 1.54) is 65.0 Å². The summed E-state index contributed by atoms with van der Waals surface area (Å²) in [5.74, 6) is -6.57. The van der Waals surface area contributed by atoms with Crippen LogP contribution in [0.15, 0.2) is 52.2 Å². The first-order chi connectivity index (χ1) is 29.2. The number of carbonyl (C=O) groups excluding carboxylic acids is 6. The molecule has 4 N–H and O–H groups in total. The summed E-state index contributed by atoms with van der Waals surface area (Å²) in [4.78, 5) is 86.1. The molecule has 1 saturated heterocycles. The lowest BCUT2D eigenvalue weighted by Gasteiger charge is -2.67. The number of esters is 4. The highest BCUT2D eigenvalue weighted by Crippen LogP contribution is 2.64. The van der Waals surface area contributed by atoms with E-state index in [-0.39, 0.29) is 41.8 Å². The van der Waals surface area contributed by atoms with Gasteiger partial charge in [0.05, 0.1) is 35.6 Å². The summed E-state index contributed by atoms with van der Waals surface area (Å²) in [7, 11) is 0. The Balaban J connectivity index is 1.76. The highest BCUT2D eigenvalue weighted by Gasteiger charge is 2.78. The number of aliphatic hydroxyl groups excluding tert-OH is 2. The standard InChI is InChI=1S/C44H58N4O15/c1-12-30(51)60-33-31-22(4)27(59-38(55)32(52)26(16-21(2)3)46-39(56)63-40(6,7)8)19-44(57,41(31,9)10)36(61-37(54)24-14-13-15-25(17-24)47-48-45)34-42(11,35(33)53)28(50)18-29-43(34,20-58-29)62-23(5)49/h13-17,26-29,32-34,36,50,52,57H,12,18-20H2,1-11H3,(H,46,56)/t26-,27-,28-,29+,32+,33+,34?,36?,42+,43-,44+/m0/s1. The molecule has 19 nitrogen and oxygen atoms in total. The van der Waals surface area contributed by atoms with Gasteiger partial charge in [0, 0.05) is 42.2 Å². The Morgan fingerprint density at radius 2 is 1.76 bits per heavy atom. The normalized spacial score (nSPS) is 31.6. The smallest absolute Gasteiger partial charge is 0.408 e. The van der Waals surface area contributed by atoms with E-state index in [9.17, 15) is 39.3 Å². The average molecular weight is 883 g/mol. The average Bonchev–Trinajstić information content (AvgIpc) is 3.17. The highest BCUT2D eigenvalue weighted by molar-refractivity contribution is 5.96. The minimum atomic E-state index is -2.47. The largest absolute Gasteiger partial charge is 0.456 e. The number of ketones is 1. The van der Waals surface area contributed by atoms with Crippen molar-refractivity contribution in [3.63, 3.8) is 0 Å². The Kier molecular flexibility index (Phi) is 13.7. The van der Waals surface area contributed by atoms with Crippen LogP contribution in [-0.4, -0.2) is 117 Å². The van der Waals surface area contributed by atoms with E-state index in [1.54, 1.807) is 34.6 Å². The zero-order valence-corrected chi connectivity index (χ0v) is 37.4. The van der Waals surface area contributed by atoms with Crippen molar-refractivity contribution in [2.24, 2.45) is 21.9 Å². The van der Waals surface area contributed by atoms with Gasteiger partial charge < -0.3 is 49.1 Å². The first-order valence-corrected chi connectivity index (χ1v) is 20.7. The van der Waals surface area contributed by atoms with Gasteiger partial charge in [-0.05, 0) is 77.3 Å². The van der Waals surface area contributed by atoms with E-state index in [4.69, 9.17) is 34.0 Å². The SMILES string of the molecule is CCC(=O)O[C@H]1C(=O)[C@@]2(C)C(C(OC(=O)c3cccc(N=[N+]=[N-])c3)[C@]3(O)C[C@H](OC(=O)[C@H](O)[C@H](C=C(C)C)NC(=O)OC(C)(C)C)C(C)=C1C3(C)C)[C@]1(OC(C)=O)CO[C@@H]1C[C@@H]2O. The van der Waals surface area contributed by atoms with E-state index in [2.05, 4.69) is 15.3 Å². The van der Waals surface area contributed by atoms with E-state index >= 15 is 4.79 Å². The molecule has 5 rings (SSSR count). The highest BCUT2D eigenvalue weighted by atomic mass is 16.6. The predicted octanol–water partition coefficient (Wildman–Crippen LogP) is 4.76. The van der Waals surface area contributed by atoms with Crippen LogP contribution in [0.1, 0.15) is 106 Å². The number of nitrogens with one attached hydrogen (secondary N) is 1. The quantitative estimate of drug-likeness (QED) is 0.0583. The van der Waals surface area contributed by atoms with Crippen LogP contribution in [0.5, 0.6) is 0 Å². The molecule has 0 radical (unpaired) electrons. The monoisotopic (exact) mass is 882 g/mol. The second kappa shape index (κ2) is 17.7. The molecule has 2 saturated carbocycles. The number of nitrogens with zero attached hydrogens (tertiary/aromatic N) is 3. The molecule has 1 aromatic rings. The molecule has 1 heterocycles. The van der Waals surface area contributed by atoms with Crippen LogP contribution in [0.3, 0.4) is 0 Å². The summed E-state index contributed by atoms with van der Waals surface area (Å²) >= 11 is 0. The van der Waals surface area contributed by atoms with Crippen molar-refractivity contribution in [1.29, 1.82) is 0 Å². The van der Waals surface area contributed by atoms with Crippen LogP contribution >= 0.6 is 0 Å². The van der Waals surface area contributed by atoms with Crippen molar-refractivity contribution in [3.8, 4) is 0 Å². The van der Waals surface area contributed by atoms with Gasteiger partial charge in [0.15, 0.2) is 23.6 Å². The second-order valence-electron chi connectivity index (χ2n) is 18.6. The Morgan fingerprint density at radius 3 is 2.32 bits per heavy atom. The van der Waals surface area contributed by atoms with E-state index in [1.807, 2.05) is 0 Å². The van der Waals surface area contributed by atoms with Gasteiger partial charge in [0.2, 0.25) is 0 Å². The molecule has 2 bridgehead atoms. The number of Topliss-reactive ketones (excluding diaryl/α,β-unsaturated/α-hetero) is 1. The molecule has 1 aromatic carbocycles. The molecular formula is C44H58N4O15. The zero-order chi connectivity index (χ0) is 47.2. The van der Waals surface area contributed by atoms with Crippen LogP contribution in [0, 0.1) is 16.7 Å². The summed E-state index contributed by atoms with van der Waals surface area (Å²) in [6, 6.07) is 4.06. The number of amides is 1. The molecule has 1 amide bonds. The number of aliphatic hydroxyl groups is 3.